The molecule has 1 rings (SSSR count). The van der Waals surface area contributed by atoms with Gasteiger partial charge in [0.2, 0.25) is 0 Å². The average Bonchev–Trinajstić information content (AvgIpc) is 2.39. The van der Waals surface area contributed by atoms with E-state index in [1.807, 2.05) is 44.4 Å². The Balaban J connectivity index is 3.25. The zero-order chi connectivity index (χ0) is 13.5. The third-order valence-corrected chi connectivity index (χ3v) is 3.16. The first-order chi connectivity index (χ1) is 8.61. The van der Waals surface area contributed by atoms with E-state index in [-0.39, 0.29) is 12.0 Å². The second kappa shape index (κ2) is 6.64. The highest BCUT2D eigenvalue weighted by Gasteiger charge is 2.24. The van der Waals surface area contributed by atoms with Crippen molar-refractivity contribution in [2.24, 2.45) is 0 Å². The summed E-state index contributed by atoms with van der Waals surface area (Å²) in [6, 6.07) is 12.4. The smallest absolute Gasteiger partial charge is 0.0961 e. The van der Waals surface area contributed by atoms with Crippen molar-refractivity contribution >= 4 is 0 Å². The van der Waals surface area contributed by atoms with Crippen LogP contribution in [0.15, 0.2) is 42.0 Å². The molecule has 2 nitrogen and oxygen atoms in total. The van der Waals surface area contributed by atoms with Gasteiger partial charge in [-0.15, -0.1) is 6.42 Å². The van der Waals surface area contributed by atoms with Gasteiger partial charge in [0.1, 0.15) is 0 Å². The largest absolute Gasteiger partial charge is 0.306 e. The molecule has 0 fully saturated rings. The topological polar surface area (TPSA) is 27.0 Å². The van der Waals surface area contributed by atoms with Crippen LogP contribution in [-0.4, -0.2) is 25.0 Å². The van der Waals surface area contributed by atoms with E-state index in [4.69, 9.17) is 6.42 Å². The van der Waals surface area contributed by atoms with E-state index in [1.54, 1.807) is 6.08 Å². The molecule has 0 N–H and O–H groups in total. The van der Waals surface area contributed by atoms with Gasteiger partial charge in [0, 0.05) is 23.6 Å². The standard InChI is InChI=1S/C16H18N2/c1-5-9-15(12-17)16(13(2)18(3)4)14-10-7-6-8-11-14/h1,6-11,13,16H,2-4H3/b15-9+/t13-,16+/m0/s1. The number of benzene rings is 1. The Labute approximate surface area is 110 Å². The zero-order valence-corrected chi connectivity index (χ0v) is 11.1. The van der Waals surface area contributed by atoms with Gasteiger partial charge >= 0.3 is 0 Å². The van der Waals surface area contributed by atoms with E-state index >= 15 is 0 Å². The predicted octanol–water partition coefficient (Wildman–Crippen LogP) is 2.80. The van der Waals surface area contributed by atoms with Crippen LogP contribution in [0.3, 0.4) is 0 Å². The normalized spacial score (nSPS) is 14.7. The first kappa shape index (κ1) is 14.0. The lowest BCUT2D eigenvalue weighted by molar-refractivity contribution is 0.289. The highest BCUT2D eigenvalue weighted by molar-refractivity contribution is 5.41. The van der Waals surface area contributed by atoms with Gasteiger partial charge in [0.15, 0.2) is 0 Å². The third-order valence-electron chi connectivity index (χ3n) is 3.16. The molecule has 0 heterocycles. The van der Waals surface area contributed by atoms with Crippen LogP contribution in [0.5, 0.6) is 0 Å². The maximum Gasteiger partial charge on any atom is 0.0961 e. The first-order valence-corrected chi connectivity index (χ1v) is 5.89. The summed E-state index contributed by atoms with van der Waals surface area (Å²) in [5, 5.41) is 9.29. The molecule has 0 saturated heterocycles. The van der Waals surface area contributed by atoms with Gasteiger partial charge in [-0.1, -0.05) is 36.3 Å². The Morgan fingerprint density at radius 1 is 1.33 bits per heavy atom. The molecule has 0 amide bonds. The first-order valence-electron chi connectivity index (χ1n) is 5.89. The average molecular weight is 238 g/mol. The molecule has 0 radical (unpaired) electrons. The molecule has 1 aromatic rings. The number of nitrogens with zero attached hydrogens (tertiary/aromatic N) is 2. The number of hydrogen-bond acceptors (Lipinski definition) is 2. The summed E-state index contributed by atoms with van der Waals surface area (Å²) in [5.74, 6) is 2.46. The molecular formula is C16H18N2. The molecule has 0 bridgehead atoms. The quantitative estimate of drug-likeness (QED) is 0.596. The van der Waals surface area contributed by atoms with Crippen LogP contribution < -0.4 is 0 Å². The Morgan fingerprint density at radius 3 is 2.39 bits per heavy atom. The van der Waals surface area contributed by atoms with E-state index in [1.165, 1.54) is 0 Å². The van der Waals surface area contributed by atoms with E-state index in [0.29, 0.717) is 5.57 Å². The van der Waals surface area contributed by atoms with Crippen molar-refractivity contribution in [1.29, 1.82) is 5.26 Å². The fraction of sp³-hybridized carbons (Fsp3) is 0.312. The maximum absolute atomic E-state index is 9.29. The minimum atomic E-state index is 0.00208. The summed E-state index contributed by atoms with van der Waals surface area (Å²) in [6.45, 7) is 2.10. The molecule has 0 aliphatic heterocycles. The minimum Gasteiger partial charge on any atom is -0.306 e. The van der Waals surface area contributed by atoms with Crippen LogP contribution in [0.25, 0.3) is 0 Å². The maximum atomic E-state index is 9.29. The van der Waals surface area contributed by atoms with Gasteiger partial charge in [-0.3, -0.25) is 0 Å². The molecule has 1 aromatic carbocycles. The van der Waals surface area contributed by atoms with E-state index < -0.39 is 0 Å². The Hall–Kier alpha value is -2.03. The van der Waals surface area contributed by atoms with Crippen molar-refractivity contribution in [2.45, 2.75) is 18.9 Å². The highest BCUT2D eigenvalue weighted by Crippen LogP contribution is 2.29. The summed E-state index contributed by atoms with van der Waals surface area (Å²) in [4.78, 5) is 2.10. The second-order valence-electron chi connectivity index (χ2n) is 4.47. The Morgan fingerprint density at radius 2 is 1.94 bits per heavy atom. The molecule has 0 unspecified atom stereocenters. The lowest BCUT2D eigenvalue weighted by Crippen LogP contribution is -2.32. The summed E-state index contributed by atoms with van der Waals surface area (Å²) in [7, 11) is 4.01. The molecule has 0 aliphatic carbocycles. The fourth-order valence-electron chi connectivity index (χ4n) is 1.96. The monoisotopic (exact) mass is 238 g/mol. The van der Waals surface area contributed by atoms with Crippen LogP contribution >= 0.6 is 0 Å². The number of terminal acetylenes is 1. The Kier molecular flexibility index (Phi) is 5.18. The van der Waals surface area contributed by atoms with Gasteiger partial charge in [-0.25, -0.2) is 0 Å². The summed E-state index contributed by atoms with van der Waals surface area (Å²) < 4.78 is 0. The van der Waals surface area contributed by atoms with Crippen LogP contribution in [0.4, 0.5) is 0 Å². The van der Waals surface area contributed by atoms with E-state index in [2.05, 4.69) is 23.8 Å². The van der Waals surface area contributed by atoms with Gasteiger partial charge in [-0.2, -0.15) is 5.26 Å². The number of likely N-dealkylation sites (N-methyl/N-ethyl adjacent to an activating group) is 1. The van der Waals surface area contributed by atoms with Gasteiger partial charge in [0.25, 0.3) is 0 Å². The van der Waals surface area contributed by atoms with Gasteiger partial charge in [0.05, 0.1) is 6.07 Å². The van der Waals surface area contributed by atoms with Crippen molar-refractivity contribution in [3.8, 4) is 18.4 Å². The summed E-state index contributed by atoms with van der Waals surface area (Å²) in [5.41, 5.74) is 1.74. The van der Waals surface area contributed by atoms with Crippen LogP contribution in [-0.2, 0) is 0 Å². The molecule has 92 valence electrons. The molecule has 18 heavy (non-hydrogen) atoms. The zero-order valence-electron chi connectivity index (χ0n) is 11.1. The number of hydrogen-bond donors (Lipinski definition) is 0. The van der Waals surface area contributed by atoms with Crippen LogP contribution in [0.2, 0.25) is 0 Å². The van der Waals surface area contributed by atoms with Crippen molar-refractivity contribution in [1.82, 2.24) is 4.90 Å². The molecule has 2 atom stereocenters. The van der Waals surface area contributed by atoms with Crippen molar-refractivity contribution in [3.05, 3.63) is 47.5 Å². The molecular weight excluding hydrogens is 220 g/mol. The Bertz CT molecular complexity index is 486. The number of allylic oxidation sites excluding steroid dienone is 1. The second-order valence-corrected chi connectivity index (χ2v) is 4.47. The molecule has 0 saturated carbocycles. The molecule has 0 spiro atoms. The highest BCUT2D eigenvalue weighted by atomic mass is 15.1. The number of rotatable bonds is 4. The van der Waals surface area contributed by atoms with Crippen molar-refractivity contribution in [2.75, 3.05) is 14.1 Å². The molecule has 2 heteroatoms. The SMILES string of the molecule is C#C/C=C(\C#N)[C@@H](c1ccccc1)[C@H](C)N(C)C. The van der Waals surface area contributed by atoms with Crippen LogP contribution in [0, 0.1) is 23.7 Å². The third kappa shape index (κ3) is 3.23. The minimum absolute atomic E-state index is 0.00208. The van der Waals surface area contributed by atoms with Gasteiger partial charge < -0.3 is 4.90 Å². The fourth-order valence-corrected chi connectivity index (χ4v) is 1.96. The predicted molar refractivity (Wildman–Crippen MR) is 74.9 cm³/mol. The summed E-state index contributed by atoms with van der Waals surface area (Å²) in [6.07, 6.45) is 6.87. The number of nitriles is 1. The van der Waals surface area contributed by atoms with Crippen molar-refractivity contribution in [3.63, 3.8) is 0 Å². The molecule has 0 aromatic heterocycles. The lowest BCUT2D eigenvalue weighted by Gasteiger charge is -2.29. The van der Waals surface area contributed by atoms with E-state index in [9.17, 15) is 5.26 Å². The van der Waals surface area contributed by atoms with Crippen LogP contribution in [0.1, 0.15) is 18.4 Å². The summed E-state index contributed by atoms with van der Waals surface area (Å²) >= 11 is 0. The lowest BCUT2D eigenvalue weighted by atomic mass is 9.85. The molecule has 0 aliphatic rings. The van der Waals surface area contributed by atoms with Crippen molar-refractivity contribution < 1.29 is 0 Å². The van der Waals surface area contributed by atoms with E-state index in [0.717, 1.165) is 5.56 Å². The van der Waals surface area contributed by atoms with Gasteiger partial charge in [-0.05, 0) is 26.6 Å².